The second-order valence-electron chi connectivity index (χ2n) is 8.57. The highest BCUT2D eigenvalue weighted by Crippen LogP contribution is 2.33. The maximum Gasteiger partial charge on any atom is 0.283 e. The molecule has 1 fully saturated rings. The van der Waals surface area contributed by atoms with Gasteiger partial charge in [0.25, 0.3) is 11.6 Å². The maximum absolute atomic E-state index is 12.7. The number of hydrazone groups is 1. The van der Waals surface area contributed by atoms with Crippen LogP contribution in [0.15, 0.2) is 56.5 Å². The molecule has 0 bridgehead atoms. The molecular formula is C24H23N5O4S. The fourth-order valence-electron chi connectivity index (χ4n) is 4.44. The number of rotatable bonds is 6. The molecule has 1 aliphatic carbocycles. The molecule has 1 aromatic carbocycles. The van der Waals surface area contributed by atoms with E-state index in [1.165, 1.54) is 67.1 Å². The fourth-order valence-corrected chi connectivity index (χ4v) is 5.34. The van der Waals surface area contributed by atoms with Crippen LogP contribution in [0, 0.1) is 21.4 Å². The summed E-state index contributed by atoms with van der Waals surface area (Å²) in [5.41, 5.74) is 0.595. The Morgan fingerprint density at radius 1 is 1.24 bits per heavy atom. The van der Waals surface area contributed by atoms with E-state index in [9.17, 15) is 14.9 Å². The number of hydrogen-bond donors (Lipinski definition) is 1. The molecule has 10 heteroatoms. The van der Waals surface area contributed by atoms with Crippen molar-refractivity contribution in [3.05, 3.63) is 57.8 Å². The van der Waals surface area contributed by atoms with Crippen molar-refractivity contribution in [2.24, 2.45) is 16.0 Å². The first kappa shape index (κ1) is 22.3. The molecular weight excluding hydrogens is 454 g/mol. The van der Waals surface area contributed by atoms with Gasteiger partial charge in [0.1, 0.15) is 16.6 Å². The molecule has 1 aromatic heterocycles. The summed E-state index contributed by atoms with van der Waals surface area (Å²) in [6.07, 6.45) is 9.83. The first-order valence-corrected chi connectivity index (χ1v) is 12.1. The second kappa shape index (κ2) is 9.38. The summed E-state index contributed by atoms with van der Waals surface area (Å²) in [5, 5.41) is 26.8. The van der Waals surface area contributed by atoms with E-state index in [1.807, 2.05) is 0 Å². The molecule has 3 aliphatic rings. The molecule has 1 amide bonds. The number of carbonyl (C=O) groups is 1. The smallest absolute Gasteiger partial charge is 0.283 e. The predicted octanol–water partition coefficient (Wildman–Crippen LogP) is 5.83. The summed E-state index contributed by atoms with van der Waals surface area (Å²) in [7, 11) is 0. The lowest BCUT2D eigenvalue weighted by Crippen LogP contribution is -2.35. The van der Waals surface area contributed by atoms with Gasteiger partial charge in [-0.1, -0.05) is 44.2 Å². The molecule has 34 heavy (non-hydrogen) atoms. The molecule has 3 heterocycles. The molecule has 0 atom stereocenters. The third kappa shape index (κ3) is 4.58. The van der Waals surface area contributed by atoms with Crippen LogP contribution in [0.4, 0.5) is 5.69 Å². The lowest BCUT2D eigenvalue weighted by atomic mass is 9.86. The lowest BCUT2D eigenvalue weighted by molar-refractivity contribution is -0.384. The Bertz CT molecular complexity index is 1260. The van der Waals surface area contributed by atoms with E-state index in [4.69, 9.17) is 9.83 Å². The third-order valence-electron chi connectivity index (χ3n) is 6.24. The SMILES string of the molecule is N=C1/C(=C/c2ccc(-c3cccc([N+](=O)[O-])c3)o2)C(=O)N=C2SC(CCC3CCCCC3)=NN12. The highest BCUT2D eigenvalue weighted by atomic mass is 32.2. The first-order chi connectivity index (χ1) is 16.5. The average Bonchev–Trinajstić information content (AvgIpc) is 3.48. The molecule has 0 unspecified atom stereocenters. The molecule has 0 saturated heterocycles. The van der Waals surface area contributed by atoms with E-state index >= 15 is 0 Å². The number of thioether (sulfide) groups is 1. The van der Waals surface area contributed by atoms with Crippen LogP contribution >= 0.6 is 11.8 Å². The summed E-state index contributed by atoms with van der Waals surface area (Å²) in [6, 6.07) is 9.44. The second-order valence-corrected chi connectivity index (χ2v) is 9.61. The number of hydrogen-bond acceptors (Lipinski definition) is 7. The monoisotopic (exact) mass is 477 g/mol. The Labute approximate surface area is 200 Å². The number of carbonyl (C=O) groups excluding carboxylic acids is 1. The van der Waals surface area contributed by atoms with Gasteiger partial charge in [-0.3, -0.25) is 20.3 Å². The maximum atomic E-state index is 12.7. The van der Waals surface area contributed by atoms with Gasteiger partial charge < -0.3 is 4.42 Å². The van der Waals surface area contributed by atoms with Crippen molar-refractivity contribution < 1.29 is 14.1 Å². The van der Waals surface area contributed by atoms with E-state index in [0.29, 0.717) is 22.3 Å². The van der Waals surface area contributed by atoms with Gasteiger partial charge in [0.05, 0.1) is 10.5 Å². The molecule has 2 aliphatic heterocycles. The Morgan fingerprint density at radius 2 is 2.06 bits per heavy atom. The minimum atomic E-state index is -0.513. The number of aliphatic imine (C=N–C) groups is 1. The highest BCUT2D eigenvalue weighted by molar-refractivity contribution is 8.26. The van der Waals surface area contributed by atoms with Crippen molar-refractivity contribution >= 4 is 45.5 Å². The molecule has 1 N–H and O–H groups in total. The van der Waals surface area contributed by atoms with Gasteiger partial charge in [-0.2, -0.15) is 15.1 Å². The summed E-state index contributed by atoms with van der Waals surface area (Å²) >= 11 is 1.36. The van der Waals surface area contributed by atoms with Crippen molar-refractivity contribution in [2.75, 3.05) is 0 Å². The number of nitrogens with zero attached hydrogens (tertiary/aromatic N) is 4. The van der Waals surface area contributed by atoms with E-state index in [2.05, 4.69) is 10.1 Å². The molecule has 5 rings (SSSR count). The number of nitro groups is 1. The zero-order chi connectivity index (χ0) is 23.7. The molecule has 1 saturated carbocycles. The van der Waals surface area contributed by atoms with Crippen LogP contribution in [-0.4, -0.2) is 31.9 Å². The van der Waals surface area contributed by atoms with Crippen LogP contribution in [0.3, 0.4) is 0 Å². The van der Waals surface area contributed by atoms with Crippen LogP contribution in [0.2, 0.25) is 0 Å². The Kier molecular flexibility index (Phi) is 6.14. The molecule has 174 valence electrons. The van der Waals surface area contributed by atoms with Crippen molar-refractivity contribution in [1.29, 1.82) is 5.41 Å². The first-order valence-electron chi connectivity index (χ1n) is 11.3. The molecule has 9 nitrogen and oxygen atoms in total. The van der Waals surface area contributed by atoms with Crippen LogP contribution in [-0.2, 0) is 4.79 Å². The van der Waals surface area contributed by atoms with E-state index in [0.717, 1.165) is 23.8 Å². The molecule has 0 radical (unpaired) electrons. The summed E-state index contributed by atoms with van der Waals surface area (Å²) in [6.45, 7) is 0. The normalized spacial score (nSPS) is 19.9. The van der Waals surface area contributed by atoms with Crippen molar-refractivity contribution in [1.82, 2.24) is 5.01 Å². The number of furan rings is 1. The molecule has 2 aromatic rings. The topological polar surface area (TPSA) is 125 Å². The minimum Gasteiger partial charge on any atom is -0.457 e. The standard InChI is InChI=1S/C24H23N5O4S/c25-22-19(14-18-10-11-20(33-18)16-7-4-8-17(13-16)29(31)32)23(30)26-24-28(22)27-21(34-24)12-9-15-5-2-1-3-6-15/h4,7-8,10-11,13-15,25H,1-3,5-6,9,12H2/b19-14-,25-22?. The highest BCUT2D eigenvalue weighted by Gasteiger charge is 2.35. The number of nitrogens with one attached hydrogen (secondary N) is 1. The number of nitro benzene ring substituents is 1. The van der Waals surface area contributed by atoms with Gasteiger partial charge in [-0.15, -0.1) is 0 Å². The summed E-state index contributed by atoms with van der Waals surface area (Å²) < 4.78 is 5.79. The third-order valence-corrected chi connectivity index (χ3v) is 7.21. The zero-order valence-corrected chi connectivity index (χ0v) is 19.2. The van der Waals surface area contributed by atoms with Gasteiger partial charge in [0, 0.05) is 17.7 Å². The Balaban J connectivity index is 1.32. The van der Waals surface area contributed by atoms with Gasteiger partial charge in [0.15, 0.2) is 5.84 Å². The largest absolute Gasteiger partial charge is 0.457 e. The van der Waals surface area contributed by atoms with Crippen molar-refractivity contribution in [3.8, 4) is 11.3 Å². The van der Waals surface area contributed by atoms with Crippen LogP contribution in [0.25, 0.3) is 17.4 Å². The van der Waals surface area contributed by atoms with Crippen LogP contribution in [0.1, 0.15) is 50.7 Å². The number of amides is 1. The van der Waals surface area contributed by atoms with E-state index < -0.39 is 10.8 Å². The van der Waals surface area contributed by atoms with Crippen molar-refractivity contribution in [3.63, 3.8) is 0 Å². The summed E-state index contributed by atoms with van der Waals surface area (Å²) in [5.74, 6) is 0.951. The number of benzene rings is 1. The minimum absolute atomic E-state index is 0.0383. The quantitative estimate of drug-likeness (QED) is 0.317. The van der Waals surface area contributed by atoms with E-state index in [1.54, 1.807) is 24.3 Å². The summed E-state index contributed by atoms with van der Waals surface area (Å²) in [4.78, 5) is 27.4. The van der Waals surface area contributed by atoms with Gasteiger partial charge in [-0.05, 0) is 48.7 Å². The Morgan fingerprint density at radius 3 is 2.85 bits per heavy atom. The predicted molar refractivity (Wildman–Crippen MR) is 132 cm³/mol. The fraction of sp³-hybridized carbons (Fsp3) is 0.333. The van der Waals surface area contributed by atoms with Crippen LogP contribution in [0.5, 0.6) is 0 Å². The molecule has 0 spiro atoms. The lowest BCUT2D eigenvalue weighted by Gasteiger charge is -2.20. The van der Waals surface area contributed by atoms with Gasteiger partial charge in [-0.25, -0.2) is 0 Å². The van der Waals surface area contributed by atoms with Gasteiger partial charge in [0.2, 0.25) is 5.17 Å². The van der Waals surface area contributed by atoms with Crippen LogP contribution < -0.4 is 0 Å². The van der Waals surface area contributed by atoms with Gasteiger partial charge >= 0.3 is 0 Å². The van der Waals surface area contributed by atoms with E-state index in [-0.39, 0.29) is 17.1 Å². The number of non-ortho nitro benzene ring substituents is 1. The van der Waals surface area contributed by atoms with Crippen molar-refractivity contribution in [2.45, 2.75) is 44.9 Å². The number of amidine groups is 2. The average molecular weight is 478 g/mol. The Hall–Kier alpha value is -3.53. The number of fused-ring (bicyclic) bond motifs is 1. The zero-order valence-electron chi connectivity index (χ0n) is 18.4.